The lowest BCUT2D eigenvalue weighted by Gasteiger charge is -2.35. The molecule has 2 aromatic heterocycles. The van der Waals surface area contributed by atoms with Crippen molar-refractivity contribution in [2.75, 3.05) is 44.2 Å². The van der Waals surface area contributed by atoms with Gasteiger partial charge in [-0.2, -0.15) is 5.10 Å². The predicted molar refractivity (Wildman–Crippen MR) is 110 cm³/mol. The molecule has 140 valence electrons. The van der Waals surface area contributed by atoms with E-state index in [4.69, 9.17) is 10.8 Å². The van der Waals surface area contributed by atoms with Crippen molar-refractivity contribution in [3.8, 4) is 22.4 Å². The van der Waals surface area contributed by atoms with Crippen LogP contribution in [0, 0.1) is 6.92 Å². The second-order valence-electron chi connectivity index (χ2n) is 7.02. The SMILES string of the molecule is Cc1ccc(-c2[nH]nc(N3CCN(CCN)CC3)c2-c2ccncc2)cc1. The highest BCUT2D eigenvalue weighted by molar-refractivity contribution is 5.89. The van der Waals surface area contributed by atoms with Crippen LogP contribution in [0.1, 0.15) is 5.56 Å². The monoisotopic (exact) mass is 362 g/mol. The fraction of sp³-hybridized carbons (Fsp3) is 0.333. The number of anilines is 1. The topological polar surface area (TPSA) is 74.1 Å². The van der Waals surface area contributed by atoms with Crippen LogP contribution in [0.5, 0.6) is 0 Å². The summed E-state index contributed by atoms with van der Waals surface area (Å²) in [5.41, 5.74) is 11.4. The van der Waals surface area contributed by atoms with Crippen LogP contribution in [0.15, 0.2) is 48.8 Å². The molecule has 0 aliphatic carbocycles. The summed E-state index contributed by atoms with van der Waals surface area (Å²) in [5.74, 6) is 1.02. The van der Waals surface area contributed by atoms with Gasteiger partial charge in [0, 0.05) is 57.2 Å². The van der Waals surface area contributed by atoms with E-state index in [-0.39, 0.29) is 0 Å². The molecule has 1 aliphatic rings. The molecule has 1 saturated heterocycles. The molecule has 6 nitrogen and oxygen atoms in total. The second-order valence-corrected chi connectivity index (χ2v) is 7.02. The van der Waals surface area contributed by atoms with Gasteiger partial charge in [-0.05, 0) is 24.6 Å². The molecule has 3 heterocycles. The molecule has 0 atom stereocenters. The van der Waals surface area contributed by atoms with Gasteiger partial charge in [-0.1, -0.05) is 29.8 Å². The molecule has 27 heavy (non-hydrogen) atoms. The Morgan fingerprint density at radius 1 is 0.963 bits per heavy atom. The molecular weight excluding hydrogens is 336 g/mol. The molecule has 4 rings (SSSR count). The van der Waals surface area contributed by atoms with Gasteiger partial charge in [0.1, 0.15) is 0 Å². The molecular formula is C21H26N6. The number of nitrogens with two attached hydrogens (primary N) is 1. The van der Waals surface area contributed by atoms with E-state index in [1.165, 1.54) is 5.56 Å². The van der Waals surface area contributed by atoms with E-state index in [1.54, 1.807) is 0 Å². The van der Waals surface area contributed by atoms with Crippen molar-refractivity contribution < 1.29 is 0 Å². The number of aromatic nitrogens is 3. The Balaban J connectivity index is 1.71. The number of rotatable bonds is 5. The number of H-pyrrole nitrogens is 1. The van der Waals surface area contributed by atoms with Gasteiger partial charge in [-0.3, -0.25) is 15.0 Å². The van der Waals surface area contributed by atoms with Crippen LogP contribution in [-0.2, 0) is 0 Å². The molecule has 1 aromatic carbocycles. The summed E-state index contributed by atoms with van der Waals surface area (Å²) in [6.45, 7) is 7.71. The standard InChI is InChI=1S/C21H26N6/c1-16-2-4-18(5-3-16)20-19(17-6-9-23-10-7-17)21(25-24-20)27-14-12-26(11-8-22)13-15-27/h2-7,9-10H,8,11-15,22H2,1H3,(H,24,25). The molecule has 0 bridgehead atoms. The van der Waals surface area contributed by atoms with Gasteiger partial charge in [0.15, 0.2) is 5.82 Å². The molecule has 1 aliphatic heterocycles. The highest BCUT2D eigenvalue weighted by Gasteiger charge is 2.24. The number of pyridine rings is 1. The summed E-state index contributed by atoms with van der Waals surface area (Å²) >= 11 is 0. The van der Waals surface area contributed by atoms with Crippen LogP contribution < -0.4 is 10.6 Å². The Bertz CT molecular complexity index is 863. The molecule has 3 N–H and O–H groups in total. The third kappa shape index (κ3) is 3.72. The van der Waals surface area contributed by atoms with E-state index in [2.05, 4.69) is 63.2 Å². The van der Waals surface area contributed by atoms with E-state index in [0.29, 0.717) is 6.54 Å². The van der Waals surface area contributed by atoms with E-state index in [9.17, 15) is 0 Å². The second kappa shape index (κ2) is 7.90. The van der Waals surface area contributed by atoms with Gasteiger partial charge in [0.05, 0.1) is 11.3 Å². The van der Waals surface area contributed by atoms with Crippen LogP contribution in [0.4, 0.5) is 5.82 Å². The quantitative estimate of drug-likeness (QED) is 0.730. The lowest BCUT2D eigenvalue weighted by molar-refractivity contribution is 0.264. The highest BCUT2D eigenvalue weighted by Crippen LogP contribution is 2.38. The maximum absolute atomic E-state index is 5.71. The highest BCUT2D eigenvalue weighted by atomic mass is 15.3. The third-order valence-corrected chi connectivity index (χ3v) is 5.17. The van der Waals surface area contributed by atoms with Crippen LogP contribution in [0.3, 0.4) is 0 Å². The fourth-order valence-electron chi connectivity index (χ4n) is 3.65. The number of aryl methyl sites for hydroxylation is 1. The zero-order chi connectivity index (χ0) is 18.6. The first kappa shape index (κ1) is 17.7. The Kier molecular flexibility index (Phi) is 5.18. The number of hydrogen-bond donors (Lipinski definition) is 2. The van der Waals surface area contributed by atoms with Crippen molar-refractivity contribution in [2.45, 2.75) is 6.92 Å². The fourth-order valence-corrected chi connectivity index (χ4v) is 3.65. The Labute approximate surface area is 160 Å². The van der Waals surface area contributed by atoms with Gasteiger partial charge >= 0.3 is 0 Å². The first-order valence-corrected chi connectivity index (χ1v) is 9.49. The van der Waals surface area contributed by atoms with E-state index in [1.807, 2.05) is 12.4 Å². The molecule has 0 amide bonds. The summed E-state index contributed by atoms with van der Waals surface area (Å²) < 4.78 is 0. The maximum atomic E-state index is 5.71. The summed E-state index contributed by atoms with van der Waals surface area (Å²) in [5, 5.41) is 8.02. The van der Waals surface area contributed by atoms with Crippen LogP contribution in [0.25, 0.3) is 22.4 Å². The van der Waals surface area contributed by atoms with Crippen LogP contribution in [-0.4, -0.2) is 59.3 Å². The maximum Gasteiger partial charge on any atom is 0.159 e. The third-order valence-electron chi connectivity index (χ3n) is 5.17. The van der Waals surface area contributed by atoms with Crippen LogP contribution in [0.2, 0.25) is 0 Å². The summed E-state index contributed by atoms with van der Waals surface area (Å²) in [7, 11) is 0. The lowest BCUT2D eigenvalue weighted by Crippen LogP contribution is -2.48. The number of nitrogens with one attached hydrogen (secondary N) is 1. The Morgan fingerprint density at radius 2 is 1.67 bits per heavy atom. The molecule has 0 radical (unpaired) electrons. The number of aromatic amines is 1. The van der Waals surface area contributed by atoms with Crippen LogP contribution >= 0.6 is 0 Å². The van der Waals surface area contributed by atoms with E-state index in [0.717, 1.165) is 60.9 Å². The molecule has 1 fully saturated rings. The smallest absolute Gasteiger partial charge is 0.159 e. The minimum absolute atomic E-state index is 0.711. The van der Waals surface area contributed by atoms with Gasteiger partial charge in [0.25, 0.3) is 0 Å². The van der Waals surface area contributed by atoms with E-state index >= 15 is 0 Å². The average molecular weight is 362 g/mol. The minimum Gasteiger partial charge on any atom is -0.352 e. The van der Waals surface area contributed by atoms with Crippen molar-refractivity contribution in [2.24, 2.45) is 5.73 Å². The minimum atomic E-state index is 0.711. The van der Waals surface area contributed by atoms with Crippen molar-refractivity contribution in [1.29, 1.82) is 0 Å². The molecule has 0 saturated carbocycles. The number of hydrogen-bond acceptors (Lipinski definition) is 5. The number of benzene rings is 1. The largest absolute Gasteiger partial charge is 0.352 e. The first-order chi connectivity index (χ1) is 13.3. The van der Waals surface area contributed by atoms with Crippen molar-refractivity contribution in [3.63, 3.8) is 0 Å². The first-order valence-electron chi connectivity index (χ1n) is 9.49. The zero-order valence-electron chi connectivity index (χ0n) is 15.7. The predicted octanol–water partition coefficient (Wildman–Crippen LogP) is 2.53. The molecule has 3 aromatic rings. The Morgan fingerprint density at radius 3 is 2.33 bits per heavy atom. The normalized spacial score (nSPS) is 15.3. The van der Waals surface area contributed by atoms with Gasteiger partial charge in [-0.25, -0.2) is 0 Å². The van der Waals surface area contributed by atoms with Gasteiger partial charge in [0.2, 0.25) is 0 Å². The molecule has 6 heteroatoms. The van der Waals surface area contributed by atoms with Crippen molar-refractivity contribution in [3.05, 3.63) is 54.4 Å². The Hall–Kier alpha value is -2.70. The molecule has 0 spiro atoms. The molecule has 0 unspecified atom stereocenters. The lowest BCUT2D eigenvalue weighted by atomic mass is 10.0. The summed E-state index contributed by atoms with van der Waals surface area (Å²) in [6.07, 6.45) is 3.68. The number of piperazine rings is 1. The van der Waals surface area contributed by atoms with Gasteiger partial charge < -0.3 is 10.6 Å². The van der Waals surface area contributed by atoms with Crippen molar-refractivity contribution >= 4 is 5.82 Å². The van der Waals surface area contributed by atoms with Gasteiger partial charge in [-0.15, -0.1) is 0 Å². The summed E-state index contributed by atoms with van der Waals surface area (Å²) in [6, 6.07) is 12.7. The number of nitrogens with zero attached hydrogens (tertiary/aromatic N) is 4. The average Bonchev–Trinajstić information content (AvgIpc) is 3.15. The van der Waals surface area contributed by atoms with E-state index < -0.39 is 0 Å². The van der Waals surface area contributed by atoms with Crippen molar-refractivity contribution in [1.82, 2.24) is 20.1 Å². The summed E-state index contributed by atoms with van der Waals surface area (Å²) in [4.78, 5) is 8.96. The zero-order valence-corrected chi connectivity index (χ0v) is 15.7.